The van der Waals surface area contributed by atoms with E-state index < -0.39 is 24.0 Å². The number of para-hydroxylation sites is 1. The number of amides is 3. The number of rotatable bonds is 6. The fourth-order valence-electron chi connectivity index (χ4n) is 2.10. The van der Waals surface area contributed by atoms with Crippen LogP contribution in [0.1, 0.15) is 30.0 Å². The van der Waals surface area contributed by atoms with Crippen LogP contribution < -0.4 is 11.1 Å². The van der Waals surface area contributed by atoms with Crippen LogP contribution in [-0.2, 0) is 20.9 Å². The van der Waals surface area contributed by atoms with E-state index in [0.717, 1.165) is 5.39 Å². The molecule has 3 amide bonds. The zero-order valence-corrected chi connectivity index (χ0v) is 13.3. The molecular weight excluding hydrogens is 316 g/mol. The second kappa shape index (κ2) is 7.60. The van der Waals surface area contributed by atoms with Crippen LogP contribution in [0.25, 0.3) is 11.0 Å². The molecule has 1 aromatic carbocycles. The van der Waals surface area contributed by atoms with Crippen molar-refractivity contribution in [3.63, 3.8) is 0 Å². The molecule has 0 fully saturated rings. The van der Waals surface area contributed by atoms with Gasteiger partial charge in [0.1, 0.15) is 5.58 Å². The molecule has 8 heteroatoms. The summed E-state index contributed by atoms with van der Waals surface area (Å²) in [7, 11) is 0. The lowest BCUT2D eigenvalue weighted by Crippen LogP contribution is -2.42. The normalized spacial score (nSPS) is 11.9. The Bertz CT molecular complexity index is 767. The minimum Gasteiger partial charge on any atom is -0.449 e. The largest absolute Gasteiger partial charge is 0.449 e. The van der Waals surface area contributed by atoms with Crippen molar-refractivity contribution in [2.45, 2.75) is 26.6 Å². The second-order valence-electron chi connectivity index (χ2n) is 4.94. The average molecular weight is 334 g/mol. The van der Waals surface area contributed by atoms with Crippen LogP contribution >= 0.6 is 0 Å². The Balaban J connectivity index is 2.25. The molecule has 1 atom stereocenters. The maximum absolute atomic E-state index is 12.3. The molecule has 8 nitrogen and oxygen atoms in total. The van der Waals surface area contributed by atoms with Gasteiger partial charge in [-0.1, -0.05) is 18.2 Å². The maximum atomic E-state index is 12.3. The van der Waals surface area contributed by atoms with E-state index in [-0.39, 0.29) is 12.4 Å². The van der Waals surface area contributed by atoms with E-state index in [0.29, 0.717) is 17.8 Å². The highest BCUT2D eigenvalue weighted by molar-refractivity contribution is 5.99. The first-order chi connectivity index (χ1) is 11.4. The van der Waals surface area contributed by atoms with Gasteiger partial charge in [-0.3, -0.25) is 10.1 Å². The van der Waals surface area contributed by atoms with Gasteiger partial charge < -0.3 is 19.6 Å². The lowest BCUT2D eigenvalue weighted by molar-refractivity contribution is -0.127. The Labute approximate surface area is 137 Å². The van der Waals surface area contributed by atoms with Gasteiger partial charge in [0.15, 0.2) is 6.10 Å². The van der Waals surface area contributed by atoms with Crippen molar-refractivity contribution in [3.05, 3.63) is 35.6 Å². The summed E-state index contributed by atoms with van der Waals surface area (Å²) in [6.45, 7) is 3.78. The number of benzene rings is 1. The monoisotopic (exact) mass is 334 g/mol. The molecule has 1 aromatic heterocycles. The number of hydrogen-bond acceptors (Lipinski definition) is 6. The van der Waals surface area contributed by atoms with Crippen LogP contribution in [0.4, 0.5) is 4.79 Å². The molecule has 2 rings (SSSR count). The van der Waals surface area contributed by atoms with Gasteiger partial charge in [-0.2, -0.15) is 0 Å². The molecule has 0 unspecified atom stereocenters. The molecule has 0 saturated heterocycles. The van der Waals surface area contributed by atoms with Crippen LogP contribution in [0.2, 0.25) is 0 Å². The molecule has 0 aliphatic carbocycles. The Morgan fingerprint density at radius 1 is 1.29 bits per heavy atom. The summed E-state index contributed by atoms with van der Waals surface area (Å²) in [4.78, 5) is 34.6. The number of urea groups is 1. The Hall–Kier alpha value is -2.87. The Morgan fingerprint density at radius 2 is 2.00 bits per heavy atom. The number of nitrogens with one attached hydrogen (secondary N) is 1. The molecule has 0 radical (unpaired) electrons. The van der Waals surface area contributed by atoms with Crippen molar-refractivity contribution in [2.75, 3.05) is 6.61 Å². The second-order valence-corrected chi connectivity index (χ2v) is 4.94. The lowest BCUT2D eigenvalue weighted by atomic mass is 10.1. The van der Waals surface area contributed by atoms with Crippen LogP contribution in [0.3, 0.4) is 0 Å². The molecule has 3 N–H and O–H groups in total. The predicted molar refractivity (Wildman–Crippen MR) is 84.1 cm³/mol. The molecule has 0 spiro atoms. The van der Waals surface area contributed by atoms with Crippen LogP contribution in [0.15, 0.2) is 28.7 Å². The molecule has 2 aromatic rings. The standard InChI is InChI=1S/C16H18N2O6/c1-3-22-8-11-10-6-4-5-7-12(10)24-13(11)15(20)23-9(2)14(19)18-16(17)21/h4-7,9H,3,8H2,1-2H3,(H3,17,18,19,21)/t9-/m1/s1. The first kappa shape index (κ1) is 17.5. The topological polar surface area (TPSA) is 121 Å². The average Bonchev–Trinajstić information content (AvgIpc) is 2.91. The molecule has 0 saturated carbocycles. The van der Waals surface area contributed by atoms with Gasteiger partial charge in [0.2, 0.25) is 5.76 Å². The van der Waals surface area contributed by atoms with Gasteiger partial charge in [0.05, 0.1) is 6.61 Å². The number of carbonyl (C=O) groups excluding carboxylic acids is 3. The number of furan rings is 1. The van der Waals surface area contributed by atoms with Crippen LogP contribution in [-0.4, -0.2) is 30.6 Å². The highest BCUT2D eigenvalue weighted by Gasteiger charge is 2.26. The Kier molecular flexibility index (Phi) is 5.54. The smallest absolute Gasteiger partial charge is 0.375 e. The first-order valence-electron chi connectivity index (χ1n) is 7.33. The van der Waals surface area contributed by atoms with Gasteiger partial charge in [0.25, 0.3) is 5.91 Å². The van der Waals surface area contributed by atoms with Crippen molar-refractivity contribution in [1.29, 1.82) is 0 Å². The molecule has 24 heavy (non-hydrogen) atoms. The van der Waals surface area contributed by atoms with Gasteiger partial charge >= 0.3 is 12.0 Å². The fourth-order valence-corrected chi connectivity index (χ4v) is 2.10. The quantitative estimate of drug-likeness (QED) is 0.776. The van der Waals surface area contributed by atoms with Crippen molar-refractivity contribution in [2.24, 2.45) is 5.73 Å². The van der Waals surface area contributed by atoms with Crippen LogP contribution in [0, 0.1) is 0 Å². The van der Waals surface area contributed by atoms with Gasteiger partial charge in [0, 0.05) is 17.6 Å². The fraction of sp³-hybridized carbons (Fsp3) is 0.312. The maximum Gasteiger partial charge on any atom is 0.375 e. The van der Waals surface area contributed by atoms with E-state index in [2.05, 4.69) is 0 Å². The van der Waals surface area contributed by atoms with E-state index in [1.807, 2.05) is 18.3 Å². The van der Waals surface area contributed by atoms with Gasteiger partial charge in [-0.15, -0.1) is 0 Å². The van der Waals surface area contributed by atoms with E-state index >= 15 is 0 Å². The van der Waals surface area contributed by atoms with Crippen molar-refractivity contribution < 1.29 is 28.3 Å². The third-order valence-corrected chi connectivity index (χ3v) is 3.23. The van der Waals surface area contributed by atoms with Crippen molar-refractivity contribution in [1.82, 2.24) is 5.32 Å². The molecule has 0 aliphatic heterocycles. The highest BCUT2D eigenvalue weighted by atomic mass is 16.6. The highest BCUT2D eigenvalue weighted by Crippen LogP contribution is 2.27. The zero-order valence-electron chi connectivity index (χ0n) is 13.3. The summed E-state index contributed by atoms with van der Waals surface area (Å²) in [6.07, 6.45) is -1.21. The third kappa shape index (κ3) is 3.90. The summed E-state index contributed by atoms with van der Waals surface area (Å²) in [5, 5.41) is 2.57. The number of imide groups is 1. The summed E-state index contributed by atoms with van der Waals surface area (Å²) < 4.78 is 16.0. The predicted octanol–water partition coefficient (Wildman–Crippen LogP) is 1.71. The number of ether oxygens (including phenoxy) is 2. The minimum atomic E-state index is -1.21. The minimum absolute atomic E-state index is 0.0385. The molecule has 0 bridgehead atoms. The number of fused-ring (bicyclic) bond motifs is 1. The van der Waals surface area contributed by atoms with E-state index in [9.17, 15) is 14.4 Å². The molecule has 0 aliphatic rings. The lowest BCUT2D eigenvalue weighted by Gasteiger charge is -2.11. The number of nitrogens with two attached hydrogens (primary N) is 1. The van der Waals surface area contributed by atoms with Crippen LogP contribution in [0.5, 0.6) is 0 Å². The van der Waals surface area contributed by atoms with Gasteiger partial charge in [-0.05, 0) is 19.9 Å². The summed E-state index contributed by atoms with van der Waals surface area (Å²) >= 11 is 0. The third-order valence-electron chi connectivity index (χ3n) is 3.23. The zero-order chi connectivity index (χ0) is 17.7. The number of primary amides is 1. The SMILES string of the molecule is CCOCc1c(C(=O)O[C@H](C)C(=O)NC(N)=O)oc2ccccc12. The summed E-state index contributed by atoms with van der Waals surface area (Å²) in [5.41, 5.74) is 5.91. The van der Waals surface area contributed by atoms with E-state index in [1.54, 1.807) is 18.2 Å². The Morgan fingerprint density at radius 3 is 2.67 bits per heavy atom. The molecule has 128 valence electrons. The first-order valence-corrected chi connectivity index (χ1v) is 7.33. The number of carbonyl (C=O) groups is 3. The summed E-state index contributed by atoms with van der Waals surface area (Å²) in [5.74, 6) is -1.69. The number of esters is 1. The number of hydrogen-bond donors (Lipinski definition) is 2. The molecule has 1 heterocycles. The van der Waals surface area contributed by atoms with Gasteiger partial charge in [-0.25, -0.2) is 9.59 Å². The van der Waals surface area contributed by atoms with E-state index in [1.165, 1.54) is 6.92 Å². The van der Waals surface area contributed by atoms with Crippen molar-refractivity contribution >= 4 is 28.9 Å². The summed E-state index contributed by atoms with van der Waals surface area (Å²) in [6, 6.07) is 6.07. The van der Waals surface area contributed by atoms with E-state index in [4.69, 9.17) is 19.6 Å². The van der Waals surface area contributed by atoms with Crippen molar-refractivity contribution in [3.8, 4) is 0 Å². The molecular formula is C16H18N2O6.